The predicted molar refractivity (Wildman–Crippen MR) is 104 cm³/mol. The van der Waals surface area contributed by atoms with E-state index in [1.54, 1.807) is 0 Å². The van der Waals surface area contributed by atoms with Crippen LogP contribution in [-0.2, 0) is 29.6 Å². The van der Waals surface area contributed by atoms with Crippen LogP contribution >= 0.6 is 12.2 Å². The van der Waals surface area contributed by atoms with Crippen LogP contribution in [0.3, 0.4) is 0 Å². The summed E-state index contributed by atoms with van der Waals surface area (Å²) in [6.45, 7) is 3.10. The zero-order valence-electron chi connectivity index (χ0n) is 15.3. The number of benzene rings is 1. The molecule has 2 aliphatic carbocycles. The molecule has 26 heavy (non-hydrogen) atoms. The zero-order chi connectivity index (χ0) is 18.1. The number of H-pyrrole nitrogens is 1. The molecule has 0 saturated heterocycles. The smallest absolute Gasteiger partial charge is 0.240 e. The monoisotopic (exact) mass is 370 g/mol. The van der Waals surface area contributed by atoms with E-state index in [9.17, 15) is 4.79 Å². The first-order valence-corrected chi connectivity index (χ1v) is 10.0. The van der Waals surface area contributed by atoms with Crippen LogP contribution in [0, 0.1) is 10.7 Å². The molecule has 1 heterocycles. The number of aromatic nitrogens is 3. The summed E-state index contributed by atoms with van der Waals surface area (Å²) in [4.78, 5) is 12.4. The number of amides is 1. The number of fused-ring (bicyclic) bond motifs is 2. The van der Waals surface area contributed by atoms with Gasteiger partial charge in [-0.2, -0.15) is 5.10 Å². The predicted octanol–water partition coefficient (Wildman–Crippen LogP) is 3.30. The maximum absolute atomic E-state index is 12.4. The molecular weight excluding hydrogens is 344 g/mol. The Kier molecular flexibility index (Phi) is 4.69. The highest BCUT2D eigenvalue weighted by atomic mass is 32.1. The van der Waals surface area contributed by atoms with E-state index in [0.29, 0.717) is 16.1 Å². The fraction of sp³-hybridized carbons (Fsp3) is 0.550. The van der Waals surface area contributed by atoms with E-state index in [-0.39, 0.29) is 12.5 Å². The van der Waals surface area contributed by atoms with Gasteiger partial charge in [-0.3, -0.25) is 14.5 Å². The van der Waals surface area contributed by atoms with Gasteiger partial charge in [-0.25, -0.2) is 0 Å². The van der Waals surface area contributed by atoms with Crippen molar-refractivity contribution in [2.75, 3.05) is 6.54 Å². The highest BCUT2D eigenvalue weighted by molar-refractivity contribution is 7.71. The molecule has 4 rings (SSSR count). The van der Waals surface area contributed by atoms with Gasteiger partial charge >= 0.3 is 0 Å². The number of hydrogen-bond acceptors (Lipinski definition) is 3. The zero-order valence-corrected chi connectivity index (χ0v) is 16.1. The minimum Gasteiger partial charge on any atom is -0.354 e. The molecule has 1 amide bonds. The number of rotatable bonds is 6. The van der Waals surface area contributed by atoms with Gasteiger partial charge in [0.25, 0.3) is 0 Å². The van der Waals surface area contributed by atoms with Crippen LogP contribution in [0.25, 0.3) is 0 Å². The topological polar surface area (TPSA) is 62.7 Å². The first kappa shape index (κ1) is 17.5. The normalized spacial score (nSPS) is 23.7. The summed E-state index contributed by atoms with van der Waals surface area (Å²) < 4.78 is 2.33. The number of nitrogens with one attached hydrogen (secondary N) is 2. The molecule has 1 aromatic carbocycles. The summed E-state index contributed by atoms with van der Waals surface area (Å²) in [5, 5.41) is 10.2. The van der Waals surface area contributed by atoms with Crippen molar-refractivity contribution in [3.8, 4) is 0 Å². The summed E-state index contributed by atoms with van der Waals surface area (Å²) in [5.41, 5.74) is 3.33. The molecule has 2 aromatic rings. The van der Waals surface area contributed by atoms with E-state index in [4.69, 9.17) is 12.2 Å². The molecule has 2 aliphatic rings. The lowest BCUT2D eigenvalue weighted by Gasteiger charge is -2.26. The van der Waals surface area contributed by atoms with Crippen molar-refractivity contribution in [2.24, 2.45) is 5.92 Å². The molecule has 2 N–H and O–H groups in total. The Labute approximate surface area is 159 Å². The lowest BCUT2D eigenvalue weighted by atomic mass is 9.78. The second-order valence-electron chi connectivity index (χ2n) is 7.65. The van der Waals surface area contributed by atoms with Crippen molar-refractivity contribution in [3.63, 3.8) is 0 Å². The lowest BCUT2D eigenvalue weighted by Crippen LogP contribution is -2.32. The molecule has 1 saturated carbocycles. The summed E-state index contributed by atoms with van der Waals surface area (Å²) >= 11 is 5.26. The van der Waals surface area contributed by atoms with Crippen LogP contribution in [0.1, 0.15) is 49.6 Å². The van der Waals surface area contributed by atoms with E-state index in [1.807, 2.05) is 4.57 Å². The van der Waals surface area contributed by atoms with Crippen molar-refractivity contribution in [3.05, 3.63) is 46.0 Å². The Bertz CT molecular complexity index is 871. The third-order valence-electron chi connectivity index (χ3n) is 6.01. The van der Waals surface area contributed by atoms with Gasteiger partial charge in [-0.15, -0.1) is 0 Å². The van der Waals surface area contributed by atoms with Crippen molar-refractivity contribution in [2.45, 2.75) is 57.4 Å². The van der Waals surface area contributed by atoms with E-state index in [2.05, 4.69) is 46.7 Å². The first-order chi connectivity index (χ1) is 12.6. The molecule has 5 nitrogen and oxygen atoms in total. The number of carbonyl (C=O) groups is 1. The summed E-state index contributed by atoms with van der Waals surface area (Å²) in [6, 6.07) is 8.84. The van der Waals surface area contributed by atoms with Gasteiger partial charge in [0.1, 0.15) is 12.4 Å². The van der Waals surface area contributed by atoms with E-state index in [0.717, 1.165) is 25.2 Å². The summed E-state index contributed by atoms with van der Waals surface area (Å²) in [5.74, 6) is 1.43. The number of nitrogens with zero attached hydrogens (tertiary/aromatic N) is 2. The van der Waals surface area contributed by atoms with Gasteiger partial charge in [0.15, 0.2) is 4.77 Å². The van der Waals surface area contributed by atoms with Crippen LogP contribution in [0.2, 0.25) is 0 Å². The van der Waals surface area contributed by atoms with Gasteiger partial charge in [0.2, 0.25) is 5.91 Å². The van der Waals surface area contributed by atoms with Crippen LogP contribution in [0.5, 0.6) is 0 Å². The molecule has 138 valence electrons. The highest BCUT2D eigenvalue weighted by Crippen LogP contribution is 2.59. The fourth-order valence-electron chi connectivity index (χ4n) is 4.60. The summed E-state index contributed by atoms with van der Waals surface area (Å²) in [6.07, 6.45) is 6.69. The SMILES string of the molecule is CCCc1n[nH]c(=S)n1CC(=O)NC[C@H]1C[C@@]12CCCc1ccccc12. The Morgan fingerprint density at radius 3 is 3.15 bits per heavy atom. The Balaban J connectivity index is 1.37. The van der Waals surface area contributed by atoms with Crippen molar-refractivity contribution in [1.82, 2.24) is 20.1 Å². The van der Waals surface area contributed by atoms with Gasteiger partial charge < -0.3 is 5.32 Å². The Morgan fingerprint density at radius 1 is 1.46 bits per heavy atom. The number of aryl methyl sites for hydroxylation is 2. The molecule has 0 unspecified atom stereocenters. The van der Waals surface area contributed by atoms with Gasteiger partial charge in [0, 0.05) is 18.4 Å². The molecular formula is C20H26N4OS. The first-order valence-electron chi connectivity index (χ1n) is 9.63. The largest absolute Gasteiger partial charge is 0.354 e. The highest BCUT2D eigenvalue weighted by Gasteiger charge is 2.56. The minimum absolute atomic E-state index is 0.0194. The quantitative estimate of drug-likeness (QED) is 0.767. The van der Waals surface area contributed by atoms with Crippen LogP contribution in [-0.4, -0.2) is 27.2 Å². The fourth-order valence-corrected chi connectivity index (χ4v) is 4.82. The molecule has 6 heteroatoms. The molecule has 2 atom stereocenters. The van der Waals surface area contributed by atoms with Crippen LogP contribution in [0.15, 0.2) is 24.3 Å². The Hall–Kier alpha value is -1.95. The van der Waals surface area contributed by atoms with Gasteiger partial charge in [-0.05, 0) is 61.4 Å². The van der Waals surface area contributed by atoms with E-state index in [1.165, 1.54) is 36.8 Å². The van der Waals surface area contributed by atoms with E-state index < -0.39 is 0 Å². The number of hydrogen-bond donors (Lipinski definition) is 2. The van der Waals surface area contributed by atoms with Crippen molar-refractivity contribution < 1.29 is 4.79 Å². The molecule has 0 radical (unpaired) electrons. The average molecular weight is 371 g/mol. The van der Waals surface area contributed by atoms with Gasteiger partial charge in [0.05, 0.1) is 0 Å². The summed E-state index contributed by atoms with van der Waals surface area (Å²) in [7, 11) is 0. The van der Waals surface area contributed by atoms with Crippen molar-refractivity contribution in [1.29, 1.82) is 0 Å². The minimum atomic E-state index is 0.0194. The lowest BCUT2D eigenvalue weighted by molar-refractivity contribution is -0.121. The van der Waals surface area contributed by atoms with Crippen molar-refractivity contribution >= 4 is 18.1 Å². The second kappa shape index (κ2) is 6.99. The third-order valence-corrected chi connectivity index (χ3v) is 6.32. The van der Waals surface area contributed by atoms with Crippen LogP contribution < -0.4 is 5.32 Å². The maximum Gasteiger partial charge on any atom is 0.240 e. The van der Waals surface area contributed by atoms with Crippen LogP contribution in [0.4, 0.5) is 0 Å². The molecule has 1 aromatic heterocycles. The molecule has 1 fully saturated rings. The number of aromatic amines is 1. The maximum atomic E-state index is 12.4. The Morgan fingerprint density at radius 2 is 2.31 bits per heavy atom. The average Bonchev–Trinajstić information content (AvgIpc) is 3.24. The third kappa shape index (κ3) is 3.11. The molecule has 0 aliphatic heterocycles. The van der Waals surface area contributed by atoms with E-state index >= 15 is 0 Å². The molecule has 0 bridgehead atoms. The van der Waals surface area contributed by atoms with Gasteiger partial charge in [-0.1, -0.05) is 31.2 Å². The molecule has 1 spiro atoms. The standard InChI is InChI=1S/C20H26N4OS/c1-2-6-17-22-23-19(26)24(17)13-18(25)21-12-15-11-20(15)10-5-8-14-7-3-4-9-16(14)20/h3-4,7,9,15H,2,5-6,8,10-13H2,1H3,(H,21,25)(H,23,26)/t15-,20+/m1/s1. The second-order valence-corrected chi connectivity index (χ2v) is 8.04. The number of carbonyl (C=O) groups excluding carboxylic acids is 1.